The van der Waals surface area contributed by atoms with E-state index in [0.29, 0.717) is 36.1 Å². The first-order valence-electron chi connectivity index (χ1n) is 13.2. The Balaban J connectivity index is 1.30. The molecule has 2 aliphatic heterocycles. The lowest BCUT2D eigenvalue weighted by molar-refractivity contribution is -0.133. The van der Waals surface area contributed by atoms with E-state index in [9.17, 15) is 13.6 Å². The lowest BCUT2D eigenvalue weighted by Crippen LogP contribution is -2.48. The number of piperidine rings is 1. The highest BCUT2D eigenvalue weighted by Gasteiger charge is 2.45. The maximum Gasteiger partial charge on any atom is 0.290 e. The number of hydrogen-bond donors (Lipinski definition) is 2. The van der Waals surface area contributed by atoms with Gasteiger partial charge in [0.2, 0.25) is 11.9 Å². The molecule has 4 aliphatic rings. The molecule has 8 nitrogen and oxygen atoms in total. The Kier molecular flexibility index (Phi) is 5.84. The quantitative estimate of drug-likeness (QED) is 0.642. The summed E-state index contributed by atoms with van der Waals surface area (Å²) >= 11 is 0. The molecule has 1 saturated carbocycles. The number of hydrogen-bond acceptors (Lipinski definition) is 6. The predicted octanol–water partition coefficient (Wildman–Crippen LogP) is 4.62. The molecule has 1 unspecified atom stereocenters. The van der Waals surface area contributed by atoms with Gasteiger partial charge in [0.1, 0.15) is 17.6 Å². The Morgan fingerprint density at radius 1 is 1.03 bits per heavy atom. The highest BCUT2D eigenvalue weighted by atomic mass is 19.3. The van der Waals surface area contributed by atoms with Gasteiger partial charge in [0.05, 0.1) is 0 Å². The second kappa shape index (κ2) is 9.02. The zero-order valence-electron chi connectivity index (χ0n) is 20.0. The van der Waals surface area contributed by atoms with Gasteiger partial charge in [-0.2, -0.15) is 18.9 Å². The van der Waals surface area contributed by atoms with Crippen LogP contribution in [0.15, 0.2) is 6.07 Å². The molecule has 1 atom stereocenters. The number of aromatic nitrogens is 4. The molecule has 6 rings (SSSR count). The van der Waals surface area contributed by atoms with Crippen molar-refractivity contribution in [2.75, 3.05) is 29.9 Å². The maximum atomic E-state index is 14.8. The zero-order valence-corrected chi connectivity index (χ0v) is 20.0. The SMILES string of the molecule is O=C(C1CCCN1c1nc(Nc2cc(C3CCCC3)[nH]n2)c2c(n1)C(F)(F)CC2)N1CCCCC1. The van der Waals surface area contributed by atoms with Gasteiger partial charge in [-0.25, -0.2) is 4.98 Å². The summed E-state index contributed by atoms with van der Waals surface area (Å²) in [5.41, 5.74) is 1.31. The number of halogens is 2. The molecule has 2 aromatic rings. The molecule has 2 aromatic heterocycles. The van der Waals surface area contributed by atoms with Gasteiger partial charge in [-0.3, -0.25) is 9.89 Å². The van der Waals surface area contributed by atoms with Crippen molar-refractivity contribution in [2.24, 2.45) is 0 Å². The van der Waals surface area contributed by atoms with E-state index >= 15 is 0 Å². The van der Waals surface area contributed by atoms with Gasteiger partial charge in [0.25, 0.3) is 5.92 Å². The van der Waals surface area contributed by atoms with E-state index in [1.54, 1.807) is 0 Å². The molecule has 1 amide bonds. The number of rotatable bonds is 5. The van der Waals surface area contributed by atoms with E-state index < -0.39 is 12.0 Å². The first-order chi connectivity index (χ1) is 17.0. The molecule has 0 radical (unpaired) electrons. The van der Waals surface area contributed by atoms with Crippen molar-refractivity contribution in [3.8, 4) is 0 Å². The first kappa shape index (κ1) is 22.7. The Hall–Kier alpha value is -2.78. The summed E-state index contributed by atoms with van der Waals surface area (Å²) in [5, 5.41) is 10.7. The Bertz CT molecular complexity index is 1090. The summed E-state index contributed by atoms with van der Waals surface area (Å²) in [6.07, 6.45) is 9.33. The van der Waals surface area contributed by atoms with Crippen molar-refractivity contribution in [1.82, 2.24) is 25.1 Å². The van der Waals surface area contributed by atoms with Crippen LogP contribution in [-0.2, 0) is 17.1 Å². The highest BCUT2D eigenvalue weighted by Crippen LogP contribution is 2.44. The molecule has 10 heteroatoms. The standard InChI is InChI=1S/C25H33F2N7O/c26-25(27)11-10-17-21(25)29-24(34-14-6-9-19(34)23(35)33-12-4-1-5-13-33)30-22(17)28-20-15-18(31-32-20)16-7-2-3-8-16/h15-16,19H,1-14H2,(H2,28,29,30,31,32). The molecule has 0 spiro atoms. The summed E-state index contributed by atoms with van der Waals surface area (Å²) in [4.78, 5) is 26.1. The van der Waals surface area contributed by atoms with Gasteiger partial charge in [-0.05, 0) is 51.4 Å². The number of carbonyl (C=O) groups excluding carboxylic acids is 1. The lowest BCUT2D eigenvalue weighted by atomic mass is 10.0. The molecule has 35 heavy (non-hydrogen) atoms. The Labute approximate surface area is 203 Å². The van der Waals surface area contributed by atoms with Crippen LogP contribution >= 0.6 is 0 Å². The molecule has 2 N–H and O–H groups in total. The molecular formula is C25H33F2N7O. The summed E-state index contributed by atoms with van der Waals surface area (Å²) in [7, 11) is 0. The summed E-state index contributed by atoms with van der Waals surface area (Å²) in [6, 6.07) is 1.57. The van der Waals surface area contributed by atoms with E-state index in [1.807, 2.05) is 15.9 Å². The number of alkyl halides is 2. The highest BCUT2D eigenvalue weighted by molar-refractivity contribution is 5.85. The van der Waals surface area contributed by atoms with E-state index in [-0.39, 0.29) is 30.4 Å². The number of carbonyl (C=O) groups is 1. The summed E-state index contributed by atoms with van der Waals surface area (Å²) < 4.78 is 29.7. The molecule has 0 aromatic carbocycles. The normalized spacial score (nSPS) is 24.2. The first-order valence-corrected chi connectivity index (χ1v) is 13.2. The molecule has 188 valence electrons. The van der Waals surface area contributed by atoms with Crippen LogP contribution in [0.2, 0.25) is 0 Å². The van der Waals surface area contributed by atoms with Crippen LogP contribution in [0.1, 0.15) is 87.1 Å². The third kappa shape index (κ3) is 4.25. The average molecular weight is 486 g/mol. The number of fused-ring (bicyclic) bond motifs is 1. The number of likely N-dealkylation sites (tertiary alicyclic amines) is 1. The second-order valence-corrected chi connectivity index (χ2v) is 10.5. The monoisotopic (exact) mass is 485 g/mol. The topological polar surface area (TPSA) is 90.0 Å². The van der Waals surface area contributed by atoms with Crippen LogP contribution in [0.25, 0.3) is 0 Å². The van der Waals surface area contributed by atoms with Crippen LogP contribution in [0.5, 0.6) is 0 Å². The van der Waals surface area contributed by atoms with Crippen molar-refractivity contribution < 1.29 is 13.6 Å². The lowest BCUT2D eigenvalue weighted by Gasteiger charge is -2.33. The van der Waals surface area contributed by atoms with Gasteiger partial charge in [-0.1, -0.05) is 12.8 Å². The minimum absolute atomic E-state index is 0.0704. The fraction of sp³-hybridized carbons (Fsp3) is 0.680. The second-order valence-electron chi connectivity index (χ2n) is 10.5. The maximum absolute atomic E-state index is 14.8. The van der Waals surface area contributed by atoms with Gasteiger partial charge in [0, 0.05) is 49.3 Å². The van der Waals surface area contributed by atoms with Crippen molar-refractivity contribution in [3.05, 3.63) is 23.0 Å². The number of amides is 1. The molecule has 4 heterocycles. The molecule has 0 bridgehead atoms. The smallest absolute Gasteiger partial charge is 0.290 e. The van der Waals surface area contributed by atoms with Crippen LogP contribution < -0.4 is 10.2 Å². The molecular weight excluding hydrogens is 452 g/mol. The summed E-state index contributed by atoms with van der Waals surface area (Å²) in [5.74, 6) is -1.29. The van der Waals surface area contributed by atoms with Gasteiger partial charge < -0.3 is 15.1 Å². The Morgan fingerprint density at radius 2 is 1.83 bits per heavy atom. The van der Waals surface area contributed by atoms with Crippen molar-refractivity contribution in [1.29, 1.82) is 0 Å². The zero-order chi connectivity index (χ0) is 24.0. The number of aromatic amines is 1. The van der Waals surface area contributed by atoms with Crippen LogP contribution in [0.3, 0.4) is 0 Å². The predicted molar refractivity (Wildman–Crippen MR) is 128 cm³/mol. The largest absolute Gasteiger partial charge is 0.341 e. The number of anilines is 3. The van der Waals surface area contributed by atoms with Crippen molar-refractivity contribution >= 4 is 23.5 Å². The number of nitrogens with zero attached hydrogens (tertiary/aromatic N) is 5. The third-order valence-electron chi connectivity index (χ3n) is 8.13. The van der Waals surface area contributed by atoms with Gasteiger partial charge in [0.15, 0.2) is 5.82 Å². The van der Waals surface area contributed by atoms with Gasteiger partial charge in [-0.15, -0.1) is 0 Å². The minimum atomic E-state index is -3.00. The van der Waals surface area contributed by atoms with Crippen molar-refractivity contribution in [2.45, 2.75) is 88.5 Å². The fourth-order valence-corrected chi connectivity index (χ4v) is 6.20. The number of nitrogens with one attached hydrogen (secondary N) is 2. The van der Waals surface area contributed by atoms with E-state index in [0.717, 1.165) is 57.3 Å². The van der Waals surface area contributed by atoms with Gasteiger partial charge >= 0.3 is 0 Å². The van der Waals surface area contributed by atoms with Crippen LogP contribution in [0, 0.1) is 0 Å². The summed E-state index contributed by atoms with van der Waals surface area (Å²) in [6.45, 7) is 2.12. The Morgan fingerprint density at radius 3 is 2.63 bits per heavy atom. The van der Waals surface area contributed by atoms with E-state index in [2.05, 4.69) is 20.5 Å². The van der Waals surface area contributed by atoms with E-state index in [4.69, 9.17) is 4.98 Å². The molecule has 3 fully saturated rings. The minimum Gasteiger partial charge on any atom is -0.341 e. The third-order valence-corrected chi connectivity index (χ3v) is 8.13. The van der Waals surface area contributed by atoms with Crippen LogP contribution in [-0.4, -0.2) is 56.6 Å². The number of H-pyrrole nitrogens is 1. The van der Waals surface area contributed by atoms with Crippen LogP contribution in [0.4, 0.5) is 26.4 Å². The fourth-order valence-electron chi connectivity index (χ4n) is 6.20. The average Bonchev–Trinajstić information content (AvgIpc) is 3.66. The molecule has 2 aliphatic carbocycles. The van der Waals surface area contributed by atoms with Crippen molar-refractivity contribution in [3.63, 3.8) is 0 Å². The van der Waals surface area contributed by atoms with E-state index in [1.165, 1.54) is 12.8 Å². The molecule has 2 saturated heterocycles.